The molecule has 12 nitrogen and oxygen atoms in total. The molecule has 0 unspecified atom stereocenters. The number of carbonyl (C=O) groups is 2. The van der Waals surface area contributed by atoms with Crippen molar-refractivity contribution >= 4 is 35.3 Å². The van der Waals surface area contributed by atoms with Gasteiger partial charge in [-0.2, -0.15) is 36.3 Å². The number of hydrogen-bond acceptors (Lipinski definition) is 10. The topological polar surface area (TPSA) is 117 Å². The van der Waals surface area contributed by atoms with E-state index in [1.54, 1.807) is 54.8 Å². The van der Waals surface area contributed by atoms with Crippen molar-refractivity contribution in [1.29, 1.82) is 0 Å². The first-order valence-electron chi connectivity index (χ1n) is 41.9. The minimum atomic E-state index is -5.20. The maximum atomic E-state index is 14.8. The number of rotatable bonds is 26. The number of amides is 2. The summed E-state index contributed by atoms with van der Waals surface area (Å²) in [4.78, 5) is 67.3. The predicted octanol–water partition coefficient (Wildman–Crippen LogP) is 14.7. The molecular formula is C73H78F8N8O4S2. The number of aromatic nitrogens is 4. The molecule has 2 heterocycles. The van der Waals surface area contributed by atoms with Gasteiger partial charge in [0, 0.05) is 89.6 Å². The second-order valence-electron chi connectivity index (χ2n) is 21.1. The number of benzene rings is 6. The first-order chi connectivity index (χ1) is 55.2. The molecule has 0 saturated carbocycles. The van der Waals surface area contributed by atoms with Gasteiger partial charge in [-0.1, -0.05) is 148 Å². The van der Waals surface area contributed by atoms with Gasteiger partial charge in [-0.05, 0) is 164 Å². The third-order valence-corrected chi connectivity index (χ3v) is 16.9. The number of hydrogen-bond donors (Lipinski definition) is 0. The van der Waals surface area contributed by atoms with Crippen molar-refractivity contribution in [2.45, 2.75) is 133 Å². The SMILES string of the molecule is [2H]C([2H])(N(CC)CC)C([2H])([2H])N(Cc1ccc(-c2ccc(C(F)(F)F)cc2)cc1)C(=O)Cn1c(SCc2ccc(F)cc2)nc(=O)c2c1CCC2.[2H]c1c([2H])c(CSc2nc(=O)c3c(n2CC(=O)N(CCN(C([2H])([2H])C)C([2H])([2H])C)Cc2c([2H])c([2H])c(-c4c([2H])c([2H])c(C(F)(F)F)c(C)c4[2H])c([2H])c2[2H])C([2H])([2H])C([2H])([2H])C3([2H])[2H])c([2H])c([2H])c1F. The fourth-order valence-corrected chi connectivity index (χ4v) is 11.6. The van der Waals surface area contributed by atoms with E-state index in [1.165, 1.54) is 40.9 Å². The molecule has 2 aliphatic carbocycles. The van der Waals surface area contributed by atoms with Crippen LogP contribution in [0.2, 0.25) is 0 Å². The minimum Gasteiger partial charge on any atom is -0.336 e. The van der Waals surface area contributed by atoms with Gasteiger partial charge < -0.3 is 28.7 Å². The summed E-state index contributed by atoms with van der Waals surface area (Å²) in [7, 11) is 0. The van der Waals surface area contributed by atoms with E-state index in [2.05, 4.69) is 9.97 Å². The van der Waals surface area contributed by atoms with Gasteiger partial charge >= 0.3 is 12.4 Å². The van der Waals surface area contributed by atoms with Crippen LogP contribution in [0.4, 0.5) is 35.1 Å². The van der Waals surface area contributed by atoms with E-state index >= 15 is 0 Å². The summed E-state index contributed by atoms with van der Waals surface area (Å²) in [5.74, 6) is -4.31. The number of alkyl halides is 6. The van der Waals surface area contributed by atoms with Crippen LogP contribution < -0.4 is 11.1 Å². The van der Waals surface area contributed by atoms with Gasteiger partial charge in [-0.3, -0.25) is 19.2 Å². The largest absolute Gasteiger partial charge is 0.416 e. The fourth-order valence-electron chi connectivity index (χ4n) is 9.79. The van der Waals surface area contributed by atoms with Crippen LogP contribution in [0.1, 0.15) is 136 Å². The standard InChI is InChI=1S/C37H40F4N4O2S.C36H38F4N4O2S/c1-4-43(5-2)19-20-44(22-26-9-13-28(14-10-26)29-15-18-32(25(3)21-29)37(39,40)41)34(46)23-45-33-8-6-7-31(33)35(47)42-36(45)48-24-27-11-16-30(38)17-12-27;1-3-42(4-2)20-21-43(22-25-8-12-27(13-9-25)28-14-16-29(17-15-28)36(38,39)40)33(45)23-44-32-7-5-6-31(32)34(46)41-35(44)47-24-26-10-18-30(37)19-11-26/h9-18,21H,4-8,19-20,22-24H2,1-3H3;8-19H,3-7,20-24H2,1-2H3/i4D2,5D2,6D2,7D2,8D2,9D,10D,11D,12D,13D,14D,15D,16D,17D,18D,21D;20D2,21D2. The van der Waals surface area contributed by atoms with Crippen molar-refractivity contribution in [1.82, 2.24) is 38.7 Å². The molecule has 10 rings (SSSR count). The lowest BCUT2D eigenvalue weighted by atomic mass is 9.98. The molecule has 2 aromatic heterocycles. The highest BCUT2D eigenvalue weighted by Crippen LogP contribution is 2.36. The summed E-state index contributed by atoms with van der Waals surface area (Å²) in [6.45, 7) is -8.45. The summed E-state index contributed by atoms with van der Waals surface area (Å²) >= 11 is 1.54. The lowest BCUT2D eigenvalue weighted by Gasteiger charge is -2.28. The highest BCUT2D eigenvalue weighted by molar-refractivity contribution is 7.98. The van der Waals surface area contributed by atoms with E-state index in [9.17, 15) is 54.3 Å². The van der Waals surface area contributed by atoms with Crippen molar-refractivity contribution in [3.05, 3.63) is 233 Å². The van der Waals surface area contributed by atoms with Crippen LogP contribution in [0.25, 0.3) is 22.3 Å². The van der Waals surface area contributed by atoms with Gasteiger partial charge in [0.2, 0.25) is 11.8 Å². The molecule has 0 atom stereocenters. The van der Waals surface area contributed by atoms with Gasteiger partial charge in [0.25, 0.3) is 11.1 Å². The third-order valence-electron chi connectivity index (χ3n) is 14.9. The average Bonchev–Trinajstić information content (AvgIpc) is 1.52. The zero-order chi connectivity index (χ0) is 90.1. The number of likely N-dealkylation sites (N-methyl/N-ethyl adjacent to an activating group) is 2. The summed E-state index contributed by atoms with van der Waals surface area (Å²) in [5, 5.41) is -0.472. The molecule has 0 N–H and O–H groups in total. The lowest BCUT2D eigenvalue weighted by Crippen LogP contribution is -2.40. The Balaban J connectivity index is 0.000000285. The quantitative estimate of drug-likeness (QED) is 0.0295. The van der Waals surface area contributed by atoms with Crippen LogP contribution in [0.5, 0.6) is 0 Å². The first kappa shape index (κ1) is 44.7. The number of fused-ring (bicyclic) bond motifs is 2. The second kappa shape index (κ2) is 32.7. The number of thioether (sulfide) groups is 2. The van der Waals surface area contributed by atoms with Gasteiger partial charge in [0.15, 0.2) is 10.3 Å². The number of nitrogens with zero attached hydrogens (tertiary/aromatic N) is 8. The van der Waals surface area contributed by atoms with Gasteiger partial charge in [-0.15, -0.1) is 0 Å². The van der Waals surface area contributed by atoms with Crippen LogP contribution in [0.3, 0.4) is 0 Å². The maximum Gasteiger partial charge on any atom is 0.416 e. The monoisotopic (exact) mass is 1370 g/mol. The normalized spacial score (nSPS) is 18.8. The smallest absolute Gasteiger partial charge is 0.336 e. The second-order valence-corrected chi connectivity index (χ2v) is 23.0. The van der Waals surface area contributed by atoms with E-state index in [0.29, 0.717) is 79.1 Å². The molecule has 6 aromatic carbocycles. The van der Waals surface area contributed by atoms with Crippen molar-refractivity contribution in [3.8, 4) is 22.3 Å². The van der Waals surface area contributed by atoms with Gasteiger partial charge in [0.1, 0.15) is 24.7 Å². The molecule has 502 valence electrons. The molecule has 2 amide bonds. The van der Waals surface area contributed by atoms with Crippen molar-refractivity contribution in [3.63, 3.8) is 0 Å². The maximum absolute atomic E-state index is 14.8. The molecular weight excluding hydrogens is 1270 g/mol. The Hall–Kier alpha value is -7.92. The van der Waals surface area contributed by atoms with Crippen LogP contribution in [0.15, 0.2) is 159 Å². The minimum absolute atomic E-state index is 0.175. The summed E-state index contributed by atoms with van der Waals surface area (Å²) < 4.78 is 324. The highest BCUT2D eigenvalue weighted by Gasteiger charge is 2.33. The van der Waals surface area contributed by atoms with Crippen molar-refractivity contribution in [2.75, 3.05) is 52.2 Å². The van der Waals surface area contributed by atoms with Crippen LogP contribution >= 0.6 is 23.5 Å². The number of halogens is 8. The summed E-state index contributed by atoms with van der Waals surface area (Å²) in [6.07, 6.45) is -18.5. The fraction of sp³-hybridized carbons (Fsp3) is 0.370. The van der Waals surface area contributed by atoms with Crippen LogP contribution in [0, 0.1) is 18.6 Å². The molecule has 95 heavy (non-hydrogen) atoms. The Bertz CT molecular complexity index is 5310. The molecule has 0 saturated heterocycles. The molecule has 0 aliphatic heterocycles. The van der Waals surface area contributed by atoms with E-state index < -0.39 is 252 Å². The van der Waals surface area contributed by atoms with Crippen molar-refractivity contribution in [2.24, 2.45) is 0 Å². The lowest BCUT2D eigenvalue weighted by molar-refractivity contribution is -0.138. The van der Waals surface area contributed by atoms with Crippen molar-refractivity contribution < 1.29 is 79.0 Å². The Morgan fingerprint density at radius 3 is 1.72 bits per heavy atom. The third kappa shape index (κ3) is 19.0. The molecule has 0 fully saturated rings. The Morgan fingerprint density at radius 2 is 1.12 bits per heavy atom. The Morgan fingerprint density at radius 1 is 0.568 bits per heavy atom. The summed E-state index contributed by atoms with van der Waals surface area (Å²) in [5.41, 5.74) is -6.85. The molecule has 0 spiro atoms. The van der Waals surface area contributed by atoms with E-state index in [1.807, 2.05) is 0 Å². The van der Waals surface area contributed by atoms with Gasteiger partial charge in [-0.25, -0.2) is 8.78 Å². The molecule has 2 aliphatic rings. The van der Waals surface area contributed by atoms with Crippen LogP contribution in [-0.2, 0) is 85.2 Å². The average molecular weight is 1370 g/mol. The Labute approximate surface area is 592 Å². The summed E-state index contributed by atoms with van der Waals surface area (Å²) in [6, 6.07) is 5.33. The van der Waals surface area contributed by atoms with Crippen LogP contribution in [-0.4, -0.2) is 103 Å². The van der Waals surface area contributed by atoms with E-state index in [4.69, 9.17) is 34.3 Å². The predicted molar refractivity (Wildman–Crippen MR) is 358 cm³/mol. The Kier molecular flexibility index (Phi) is 15.4. The first-order valence-corrected chi connectivity index (χ1v) is 31.4. The van der Waals surface area contributed by atoms with E-state index in [-0.39, 0.29) is 24.8 Å². The number of carbonyl (C=O) groups excluding carboxylic acids is 2. The zero-order valence-corrected chi connectivity index (χ0v) is 53.3. The molecule has 0 radical (unpaired) electrons. The molecule has 8 aromatic rings. The van der Waals surface area contributed by atoms with E-state index in [0.717, 1.165) is 43.4 Å². The molecule has 22 heteroatoms. The molecule has 0 bridgehead atoms. The highest BCUT2D eigenvalue weighted by atomic mass is 32.2. The zero-order valence-electron chi connectivity index (χ0n) is 76.7. The van der Waals surface area contributed by atoms with Gasteiger partial charge in [0.05, 0.1) is 28.9 Å².